The molecule has 4 rings (SSSR count). The van der Waals surface area contributed by atoms with Gasteiger partial charge in [-0.15, -0.1) is 0 Å². The van der Waals surface area contributed by atoms with E-state index in [2.05, 4.69) is 21.7 Å². The van der Waals surface area contributed by atoms with Gasteiger partial charge >= 0.3 is 0 Å². The van der Waals surface area contributed by atoms with Crippen LogP contribution in [0.4, 0.5) is 5.69 Å². The molecule has 2 aromatic heterocycles. The Balaban J connectivity index is 1.58. The van der Waals surface area contributed by atoms with E-state index in [0.717, 1.165) is 34.5 Å². The van der Waals surface area contributed by atoms with Gasteiger partial charge in [0.15, 0.2) is 0 Å². The van der Waals surface area contributed by atoms with Crippen LogP contribution in [0.2, 0.25) is 0 Å². The van der Waals surface area contributed by atoms with Crippen LogP contribution in [0, 0.1) is 13.8 Å². The second-order valence-corrected chi connectivity index (χ2v) is 7.46. The number of anilines is 1. The maximum absolute atomic E-state index is 13.2. The van der Waals surface area contributed by atoms with Crippen molar-refractivity contribution < 1.29 is 9.59 Å². The minimum Gasteiger partial charge on any atom is -0.349 e. The quantitative estimate of drug-likeness (QED) is 0.760. The molecule has 1 N–H and O–H groups in total. The van der Waals surface area contributed by atoms with Crippen LogP contribution in [0.15, 0.2) is 30.5 Å². The molecule has 28 heavy (non-hydrogen) atoms. The van der Waals surface area contributed by atoms with Crippen LogP contribution in [-0.2, 0) is 11.3 Å². The van der Waals surface area contributed by atoms with Crippen molar-refractivity contribution in [2.45, 2.75) is 40.3 Å². The Morgan fingerprint density at radius 2 is 2.07 bits per heavy atom. The van der Waals surface area contributed by atoms with Gasteiger partial charge in [0, 0.05) is 41.6 Å². The standard InChI is InChI=1S/C21H25N5O2/c1-5-24-13(2)8-18(15(24)4)21(28)25-12-20(27)26(11-14(25)3)17-7-6-16-10-22-23-19(16)9-17/h6-10,14H,5,11-12H2,1-4H3,(H,22,23)/t14-/m1/s1. The Kier molecular flexibility index (Phi) is 4.45. The number of carbonyl (C=O) groups is 2. The minimum absolute atomic E-state index is 0.0719. The van der Waals surface area contributed by atoms with Crippen LogP contribution >= 0.6 is 0 Å². The number of nitrogens with zero attached hydrogens (tertiary/aromatic N) is 4. The second-order valence-electron chi connectivity index (χ2n) is 7.46. The highest BCUT2D eigenvalue weighted by Crippen LogP contribution is 2.26. The molecule has 3 aromatic rings. The molecule has 0 radical (unpaired) electrons. The number of aromatic amines is 1. The number of rotatable bonds is 3. The third-order valence-electron chi connectivity index (χ3n) is 5.70. The van der Waals surface area contributed by atoms with Crippen molar-refractivity contribution in [1.29, 1.82) is 0 Å². The highest BCUT2D eigenvalue weighted by molar-refractivity contribution is 6.03. The molecule has 3 heterocycles. The molecular formula is C21H25N5O2. The fraction of sp³-hybridized carbons (Fsp3) is 0.381. The molecule has 1 fully saturated rings. The van der Waals surface area contributed by atoms with Gasteiger partial charge in [0.05, 0.1) is 17.3 Å². The molecule has 0 unspecified atom stereocenters. The fourth-order valence-electron chi connectivity index (χ4n) is 4.12. The molecule has 7 nitrogen and oxygen atoms in total. The van der Waals surface area contributed by atoms with Gasteiger partial charge in [0.2, 0.25) is 5.91 Å². The summed E-state index contributed by atoms with van der Waals surface area (Å²) in [5, 5.41) is 7.97. The first-order valence-electron chi connectivity index (χ1n) is 9.62. The van der Waals surface area contributed by atoms with Gasteiger partial charge in [0.25, 0.3) is 5.91 Å². The third-order valence-corrected chi connectivity index (χ3v) is 5.70. The normalized spacial score (nSPS) is 17.6. The predicted molar refractivity (Wildman–Crippen MR) is 109 cm³/mol. The molecule has 1 saturated heterocycles. The molecule has 1 aliphatic rings. The summed E-state index contributed by atoms with van der Waals surface area (Å²) in [6.07, 6.45) is 1.76. The SMILES string of the molecule is CCn1c(C)cc(C(=O)N2CC(=O)N(c3ccc4cn[nH]c4c3)C[C@H]2C)c1C. The maximum atomic E-state index is 13.2. The van der Waals surface area contributed by atoms with Crippen LogP contribution in [0.25, 0.3) is 10.9 Å². The van der Waals surface area contributed by atoms with Crippen molar-refractivity contribution in [3.8, 4) is 0 Å². The van der Waals surface area contributed by atoms with Crippen molar-refractivity contribution in [2.24, 2.45) is 0 Å². The summed E-state index contributed by atoms with van der Waals surface area (Å²) in [7, 11) is 0. The number of amides is 2. The van der Waals surface area contributed by atoms with E-state index >= 15 is 0 Å². The highest BCUT2D eigenvalue weighted by Gasteiger charge is 2.34. The zero-order chi connectivity index (χ0) is 20.0. The van der Waals surface area contributed by atoms with Gasteiger partial charge in [-0.1, -0.05) is 0 Å². The Morgan fingerprint density at radius 1 is 1.29 bits per heavy atom. The Bertz CT molecular complexity index is 1060. The Hall–Kier alpha value is -3.09. The van der Waals surface area contributed by atoms with Gasteiger partial charge in [-0.25, -0.2) is 0 Å². The van der Waals surface area contributed by atoms with Gasteiger partial charge in [-0.2, -0.15) is 5.10 Å². The summed E-state index contributed by atoms with van der Waals surface area (Å²) in [5.74, 6) is -0.146. The number of nitrogens with one attached hydrogen (secondary N) is 1. The summed E-state index contributed by atoms with van der Waals surface area (Å²) in [6.45, 7) is 9.40. The molecule has 0 spiro atoms. The number of aromatic nitrogens is 3. The van der Waals surface area contributed by atoms with Crippen molar-refractivity contribution in [3.05, 3.63) is 47.4 Å². The zero-order valence-corrected chi connectivity index (χ0v) is 16.7. The van der Waals surface area contributed by atoms with Crippen molar-refractivity contribution in [1.82, 2.24) is 19.7 Å². The summed E-state index contributed by atoms with van der Waals surface area (Å²) in [5.41, 5.74) is 4.42. The van der Waals surface area contributed by atoms with Crippen LogP contribution in [0.3, 0.4) is 0 Å². The molecule has 0 saturated carbocycles. The lowest BCUT2D eigenvalue weighted by Gasteiger charge is -2.39. The van der Waals surface area contributed by atoms with E-state index in [-0.39, 0.29) is 24.4 Å². The summed E-state index contributed by atoms with van der Waals surface area (Å²) in [6, 6.07) is 7.65. The fourth-order valence-corrected chi connectivity index (χ4v) is 4.12. The third kappa shape index (κ3) is 2.87. The van der Waals surface area contributed by atoms with E-state index in [9.17, 15) is 9.59 Å². The van der Waals surface area contributed by atoms with E-state index in [1.165, 1.54) is 0 Å². The van der Waals surface area contributed by atoms with Gasteiger partial charge in [-0.05, 0) is 52.0 Å². The second kappa shape index (κ2) is 6.82. The van der Waals surface area contributed by atoms with Gasteiger partial charge in [0.1, 0.15) is 6.54 Å². The molecule has 146 valence electrons. The highest BCUT2D eigenvalue weighted by atomic mass is 16.2. The molecule has 1 aromatic carbocycles. The van der Waals surface area contributed by atoms with E-state index in [1.54, 1.807) is 16.0 Å². The summed E-state index contributed by atoms with van der Waals surface area (Å²) in [4.78, 5) is 29.5. The zero-order valence-electron chi connectivity index (χ0n) is 16.7. The number of fused-ring (bicyclic) bond motifs is 1. The molecule has 1 aliphatic heterocycles. The molecule has 7 heteroatoms. The monoisotopic (exact) mass is 379 g/mol. The van der Waals surface area contributed by atoms with E-state index in [4.69, 9.17) is 0 Å². The van der Waals surface area contributed by atoms with Crippen molar-refractivity contribution in [3.63, 3.8) is 0 Å². The lowest BCUT2D eigenvalue weighted by Crippen LogP contribution is -2.57. The van der Waals surface area contributed by atoms with Crippen LogP contribution in [-0.4, -0.2) is 50.6 Å². The van der Waals surface area contributed by atoms with E-state index in [0.29, 0.717) is 12.1 Å². The lowest BCUT2D eigenvalue weighted by molar-refractivity contribution is -0.121. The van der Waals surface area contributed by atoms with Crippen molar-refractivity contribution in [2.75, 3.05) is 18.0 Å². The van der Waals surface area contributed by atoms with Crippen molar-refractivity contribution >= 4 is 28.4 Å². The van der Waals surface area contributed by atoms with Gasteiger partial charge < -0.3 is 14.4 Å². The maximum Gasteiger partial charge on any atom is 0.256 e. The average Bonchev–Trinajstić information content (AvgIpc) is 3.25. The first kappa shape index (κ1) is 18.3. The minimum atomic E-state index is -0.0765. The lowest BCUT2D eigenvalue weighted by atomic mass is 10.1. The number of hydrogen-bond acceptors (Lipinski definition) is 3. The van der Waals surface area contributed by atoms with Crippen LogP contribution in [0.1, 0.15) is 35.6 Å². The Morgan fingerprint density at radius 3 is 2.79 bits per heavy atom. The Labute approximate surface area is 163 Å². The number of benzene rings is 1. The first-order chi connectivity index (χ1) is 13.4. The summed E-state index contributed by atoms with van der Waals surface area (Å²) >= 11 is 0. The van der Waals surface area contributed by atoms with E-state index in [1.807, 2.05) is 45.0 Å². The average molecular weight is 379 g/mol. The molecule has 0 bridgehead atoms. The molecule has 0 aliphatic carbocycles. The van der Waals surface area contributed by atoms with Crippen LogP contribution < -0.4 is 4.90 Å². The molecule has 2 amide bonds. The number of H-pyrrole nitrogens is 1. The summed E-state index contributed by atoms with van der Waals surface area (Å²) < 4.78 is 2.12. The van der Waals surface area contributed by atoms with Crippen LogP contribution in [0.5, 0.6) is 0 Å². The van der Waals surface area contributed by atoms with Gasteiger partial charge in [-0.3, -0.25) is 14.7 Å². The largest absolute Gasteiger partial charge is 0.349 e. The number of aryl methyl sites for hydroxylation is 1. The predicted octanol–water partition coefficient (Wildman–Crippen LogP) is 2.88. The molecular weight excluding hydrogens is 354 g/mol. The number of carbonyl (C=O) groups excluding carboxylic acids is 2. The number of piperazine rings is 1. The topological polar surface area (TPSA) is 74.2 Å². The first-order valence-corrected chi connectivity index (χ1v) is 9.62. The van der Waals surface area contributed by atoms with E-state index < -0.39 is 0 Å². The molecule has 1 atom stereocenters. The number of hydrogen-bond donors (Lipinski definition) is 1. The smallest absolute Gasteiger partial charge is 0.256 e.